The van der Waals surface area contributed by atoms with Crippen molar-refractivity contribution in [3.05, 3.63) is 22.2 Å². The maximum absolute atomic E-state index is 12.5. The third kappa shape index (κ3) is 6.50. The third-order valence-corrected chi connectivity index (χ3v) is 8.01. The predicted molar refractivity (Wildman–Crippen MR) is 123 cm³/mol. The molecule has 1 aliphatic rings. The van der Waals surface area contributed by atoms with Gasteiger partial charge in [0.25, 0.3) is 0 Å². The Morgan fingerprint density at radius 1 is 1.57 bits per heavy atom. The Kier molecular flexibility index (Phi) is 9.31. The first-order valence-electron chi connectivity index (χ1n) is 9.40. The molecule has 0 spiro atoms. The lowest BCUT2D eigenvalue weighted by Crippen LogP contribution is -2.33. The van der Waals surface area contributed by atoms with Crippen molar-refractivity contribution in [1.82, 2.24) is 9.55 Å². The number of aromatic nitrogens is 2. The van der Waals surface area contributed by atoms with E-state index in [-0.39, 0.29) is 23.9 Å². The minimum Gasteiger partial charge on any atom is -0.382 e. The Labute approximate surface area is 184 Å². The summed E-state index contributed by atoms with van der Waals surface area (Å²) in [4.78, 5) is 26.0. The molecule has 168 valence electrons. The first-order chi connectivity index (χ1) is 14.1. The summed E-state index contributed by atoms with van der Waals surface area (Å²) < 4.78 is 25.4. The molecule has 2 rings (SSSR count). The molecule has 1 fully saturated rings. The second kappa shape index (κ2) is 11.0. The van der Waals surface area contributed by atoms with Gasteiger partial charge in [-0.05, 0) is 19.6 Å². The van der Waals surface area contributed by atoms with E-state index in [1.807, 2.05) is 13.2 Å². The summed E-state index contributed by atoms with van der Waals surface area (Å²) in [6.07, 6.45) is 2.71. The summed E-state index contributed by atoms with van der Waals surface area (Å²) in [5.41, 5.74) is 10.9. The van der Waals surface area contributed by atoms with E-state index in [0.29, 0.717) is 18.4 Å². The lowest BCUT2D eigenvalue weighted by atomic mass is 10.0. The summed E-state index contributed by atoms with van der Waals surface area (Å²) >= 11 is 0. The van der Waals surface area contributed by atoms with E-state index in [0.717, 1.165) is 0 Å². The number of nitrogens with two attached hydrogens (primary N) is 2. The molecule has 30 heavy (non-hydrogen) atoms. The lowest BCUT2D eigenvalue weighted by Gasteiger charge is -2.28. The van der Waals surface area contributed by atoms with Gasteiger partial charge in [-0.25, -0.2) is 4.79 Å². The Bertz CT molecular complexity index is 886. The Morgan fingerprint density at radius 2 is 2.27 bits per heavy atom. The van der Waals surface area contributed by atoms with Gasteiger partial charge in [-0.2, -0.15) is 4.98 Å². The number of anilines is 1. The molecule has 0 saturated carbocycles. The van der Waals surface area contributed by atoms with Crippen molar-refractivity contribution in [2.45, 2.75) is 62.6 Å². The summed E-state index contributed by atoms with van der Waals surface area (Å²) in [6, 6.07) is 0. The van der Waals surface area contributed by atoms with Gasteiger partial charge in [0.1, 0.15) is 17.5 Å². The van der Waals surface area contributed by atoms with Crippen molar-refractivity contribution < 1.29 is 18.9 Å². The largest absolute Gasteiger partial charge is 0.382 e. The van der Waals surface area contributed by atoms with Crippen LogP contribution in [-0.2, 0) is 14.0 Å². The molecule has 0 radical (unpaired) electrons. The average molecular weight is 477 g/mol. The number of hydrogen-bond acceptors (Lipinski definition) is 9. The molecule has 5 atom stereocenters. The predicted octanol–water partition coefficient (Wildman–Crippen LogP) is 1.80. The molecule has 5 N–H and O–H groups in total. The highest BCUT2D eigenvalue weighted by molar-refractivity contribution is 8.76. The van der Waals surface area contributed by atoms with Gasteiger partial charge in [0.15, 0.2) is 8.03 Å². The van der Waals surface area contributed by atoms with Crippen molar-refractivity contribution in [1.29, 1.82) is 0 Å². The van der Waals surface area contributed by atoms with E-state index < -0.39 is 31.2 Å². The van der Waals surface area contributed by atoms with Crippen LogP contribution in [0.5, 0.6) is 0 Å². The second-order valence-corrected chi connectivity index (χ2v) is 12.2. The van der Waals surface area contributed by atoms with E-state index >= 15 is 0 Å². The van der Waals surface area contributed by atoms with E-state index in [9.17, 15) is 14.3 Å². The maximum atomic E-state index is 12.5. The molecule has 0 bridgehead atoms. The third-order valence-electron chi connectivity index (χ3n) is 4.69. The molecule has 0 amide bonds. The number of rotatable bonds is 8. The molecule has 2 heterocycles. The van der Waals surface area contributed by atoms with Gasteiger partial charge in [0.05, 0.1) is 24.3 Å². The second-order valence-electron chi connectivity index (χ2n) is 7.50. The van der Waals surface area contributed by atoms with Crippen LogP contribution in [-0.4, -0.2) is 50.0 Å². The van der Waals surface area contributed by atoms with E-state index in [2.05, 4.69) is 16.8 Å². The van der Waals surface area contributed by atoms with Gasteiger partial charge in [-0.1, -0.05) is 47.3 Å². The fourth-order valence-corrected chi connectivity index (χ4v) is 4.91. The average Bonchev–Trinajstić information content (AvgIpc) is 3.02. The zero-order valence-corrected chi connectivity index (χ0v) is 20.1. The standard InChI is InChI=1S/C18H29N4O5PS2/c1-11(30-29-4)26-13-8-15(27-14(13)9-18(2,3)28(24)25)22-10-12(6-5-7-19)16(20)21-17(22)23/h10-11,13-15,28H,7-9,19H2,1-4H3,(H,24,25)(H2,20,21,23)/t11-,13?,14?,15?/m0/s1. The molecule has 0 aromatic carbocycles. The van der Waals surface area contributed by atoms with Crippen molar-refractivity contribution >= 4 is 35.4 Å². The SMILES string of the molecule is CSS[C@@H](C)OC1CC(n2cc(C#CCN)c(N)nc2=O)OC1CC(C)(C)[PH](=O)O. The van der Waals surface area contributed by atoms with Crippen LogP contribution in [0.3, 0.4) is 0 Å². The van der Waals surface area contributed by atoms with Crippen LogP contribution < -0.4 is 17.2 Å². The number of hydrogen-bond donors (Lipinski definition) is 3. The summed E-state index contributed by atoms with van der Waals surface area (Å²) in [5.74, 6) is 5.53. The minimum absolute atomic E-state index is 0.0320. The quantitative estimate of drug-likeness (QED) is 0.220. The smallest absolute Gasteiger partial charge is 0.351 e. The maximum Gasteiger partial charge on any atom is 0.351 e. The van der Waals surface area contributed by atoms with Crippen LogP contribution in [0.2, 0.25) is 0 Å². The first-order valence-corrected chi connectivity index (χ1v) is 13.4. The highest BCUT2D eigenvalue weighted by Crippen LogP contribution is 2.44. The fraction of sp³-hybridized carbons (Fsp3) is 0.667. The van der Waals surface area contributed by atoms with Gasteiger partial charge < -0.3 is 25.8 Å². The molecule has 1 aromatic rings. The van der Waals surface area contributed by atoms with Crippen molar-refractivity contribution in [2.24, 2.45) is 5.73 Å². The molecule has 0 aliphatic carbocycles. The zero-order valence-electron chi connectivity index (χ0n) is 17.5. The van der Waals surface area contributed by atoms with E-state index in [1.165, 1.54) is 10.8 Å². The van der Waals surface area contributed by atoms with Gasteiger partial charge in [0.2, 0.25) is 0 Å². The van der Waals surface area contributed by atoms with E-state index in [1.54, 1.807) is 35.4 Å². The monoisotopic (exact) mass is 476 g/mol. The zero-order chi connectivity index (χ0) is 22.5. The van der Waals surface area contributed by atoms with Crippen LogP contribution >= 0.6 is 29.6 Å². The van der Waals surface area contributed by atoms with Crippen LogP contribution in [0.4, 0.5) is 5.82 Å². The van der Waals surface area contributed by atoms with Gasteiger partial charge in [-0.15, -0.1) is 0 Å². The van der Waals surface area contributed by atoms with Gasteiger partial charge in [-0.3, -0.25) is 9.13 Å². The van der Waals surface area contributed by atoms with Crippen LogP contribution in [0.1, 0.15) is 45.4 Å². The molecular weight excluding hydrogens is 447 g/mol. The molecular formula is C18H29N4O5PS2. The highest BCUT2D eigenvalue weighted by Gasteiger charge is 2.42. The normalized spacial score (nSPS) is 23.6. The van der Waals surface area contributed by atoms with Crippen molar-refractivity contribution in [3.63, 3.8) is 0 Å². The Morgan fingerprint density at radius 3 is 2.87 bits per heavy atom. The van der Waals surface area contributed by atoms with Crippen molar-refractivity contribution in [3.8, 4) is 11.8 Å². The lowest BCUT2D eigenvalue weighted by molar-refractivity contribution is -0.0491. The topological polar surface area (TPSA) is 143 Å². The molecule has 1 saturated heterocycles. The molecule has 4 unspecified atom stereocenters. The first kappa shape index (κ1) is 25.3. The molecule has 9 nitrogen and oxygen atoms in total. The molecule has 1 aromatic heterocycles. The summed E-state index contributed by atoms with van der Waals surface area (Å²) in [7, 11) is 0.356. The Balaban J connectivity index is 2.33. The van der Waals surface area contributed by atoms with Crippen molar-refractivity contribution in [2.75, 3.05) is 18.5 Å². The number of nitrogens with zero attached hydrogens (tertiary/aromatic N) is 2. The van der Waals surface area contributed by atoms with Gasteiger partial charge in [0, 0.05) is 17.8 Å². The number of nitrogen functional groups attached to an aromatic ring is 1. The van der Waals surface area contributed by atoms with E-state index in [4.69, 9.17) is 20.9 Å². The molecule has 12 heteroatoms. The fourth-order valence-electron chi connectivity index (χ4n) is 3.12. The van der Waals surface area contributed by atoms with Crippen LogP contribution in [0.25, 0.3) is 0 Å². The summed E-state index contributed by atoms with van der Waals surface area (Å²) in [5, 5.41) is -0.830. The van der Waals surface area contributed by atoms with Gasteiger partial charge >= 0.3 is 5.69 Å². The summed E-state index contributed by atoms with van der Waals surface area (Å²) in [6.45, 7) is 5.53. The highest BCUT2D eigenvalue weighted by atomic mass is 33.1. The minimum atomic E-state index is -2.79. The number of ether oxygens (including phenoxy) is 2. The Hall–Kier alpha value is -0.990. The van der Waals surface area contributed by atoms with Crippen LogP contribution in [0, 0.1) is 11.8 Å². The van der Waals surface area contributed by atoms with Crippen LogP contribution in [0.15, 0.2) is 11.0 Å². The molecule has 1 aliphatic heterocycles.